The number of aromatic nitrogens is 4. The van der Waals surface area contributed by atoms with Crippen molar-refractivity contribution in [2.24, 2.45) is 0 Å². The Balaban J connectivity index is 2.15. The second-order valence-corrected chi connectivity index (χ2v) is 4.13. The summed E-state index contributed by atoms with van der Waals surface area (Å²) in [5, 5.41) is 4.41. The van der Waals surface area contributed by atoms with Gasteiger partial charge < -0.3 is 0 Å². The maximum atomic E-state index is 4.41. The van der Waals surface area contributed by atoms with E-state index in [0.29, 0.717) is 0 Å². The van der Waals surface area contributed by atoms with Gasteiger partial charge in [0.1, 0.15) is 4.60 Å². The molecule has 3 rings (SSSR count). The van der Waals surface area contributed by atoms with E-state index in [2.05, 4.69) is 31.0 Å². The summed E-state index contributed by atoms with van der Waals surface area (Å²) in [6, 6.07) is 7.65. The van der Waals surface area contributed by atoms with E-state index in [1.807, 2.05) is 30.5 Å². The minimum Gasteiger partial charge on any atom is -0.249 e. The van der Waals surface area contributed by atoms with Crippen LogP contribution in [-0.4, -0.2) is 19.6 Å². The van der Waals surface area contributed by atoms with Crippen LogP contribution in [0.15, 0.2) is 47.5 Å². The molecule has 0 bridgehead atoms. The molecule has 16 heavy (non-hydrogen) atoms. The Morgan fingerprint density at radius 3 is 2.88 bits per heavy atom. The molecule has 0 fully saturated rings. The average molecular weight is 275 g/mol. The van der Waals surface area contributed by atoms with Crippen LogP contribution in [0.25, 0.3) is 16.9 Å². The van der Waals surface area contributed by atoms with Crippen LogP contribution in [0.3, 0.4) is 0 Å². The van der Waals surface area contributed by atoms with Gasteiger partial charge in [-0.05, 0) is 34.1 Å². The van der Waals surface area contributed by atoms with Gasteiger partial charge in [0.25, 0.3) is 0 Å². The maximum Gasteiger partial charge on any atom is 0.155 e. The highest BCUT2D eigenvalue weighted by atomic mass is 79.9. The van der Waals surface area contributed by atoms with Gasteiger partial charge in [-0.1, -0.05) is 0 Å². The number of fused-ring (bicyclic) bond motifs is 1. The first-order valence-electron chi connectivity index (χ1n) is 4.75. The van der Waals surface area contributed by atoms with Crippen LogP contribution < -0.4 is 0 Å². The number of hydrogen-bond donors (Lipinski definition) is 0. The molecule has 3 aromatic rings. The lowest BCUT2D eigenvalue weighted by molar-refractivity contribution is 0.942. The van der Waals surface area contributed by atoms with E-state index in [4.69, 9.17) is 0 Å². The fourth-order valence-electron chi connectivity index (χ4n) is 1.50. The highest BCUT2D eigenvalue weighted by Crippen LogP contribution is 2.19. The molecule has 0 aliphatic rings. The minimum atomic E-state index is 0.818. The molecular weight excluding hydrogens is 268 g/mol. The minimum absolute atomic E-state index is 0.818. The summed E-state index contributed by atoms with van der Waals surface area (Å²) in [6.07, 6.45) is 5.41. The van der Waals surface area contributed by atoms with Crippen molar-refractivity contribution in [3.05, 3.63) is 47.5 Å². The number of hydrogen-bond acceptors (Lipinski definition) is 3. The topological polar surface area (TPSA) is 43.1 Å². The summed E-state index contributed by atoms with van der Waals surface area (Å²) in [7, 11) is 0. The van der Waals surface area contributed by atoms with Gasteiger partial charge in [-0.15, -0.1) is 0 Å². The van der Waals surface area contributed by atoms with Gasteiger partial charge in [0.2, 0.25) is 0 Å². The van der Waals surface area contributed by atoms with Crippen molar-refractivity contribution < 1.29 is 0 Å². The molecule has 0 aliphatic heterocycles. The Labute approximate surface area is 100 Å². The van der Waals surface area contributed by atoms with E-state index in [9.17, 15) is 0 Å². The van der Waals surface area contributed by atoms with Crippen molar-refractivity contribution in [2.75, 3.05) is 0 Å². The Morgan fingerprint density at radius 2 is 2.12 bits per heavy atom. The lowest BCUT2D eigenvalue weighted by Crippen LogP contribution is -1.87. The van der Waals surface area contributed by atoms with Gasteiger partial charge in [-0.3, -0.25) is 0 Å². The summed E-state index contributed by atoms with van der Waals surface area (Å²) < 4.78 is 2.57. The number of nitrogens with zero attached hydrogens (tertiary/aromatic N) is 4. The summed E-state index contributed by atoms with van der Waals surface area (Å²) in [5.74, 6) is 0. The van der Waals surface area contributed by atoms with Crippen molar-refractivity contribution >= 4 is 21.6 Å². The molecule has 3 heterocycles. The molecule has 5 heteroatoms. The standard InChI is InChI=1S/C11H7BrN4/c12-10-3-2-8(7-14-10)9-6-11-13-4-1-5-16(11)15-9/h1-7H. The quantitative estimate of drug-likeness (QED) is 0.641. The summed E-state index contributed by atoms with van der Waals surface area (Å²) in [6.45, 7) is 0. The van der Waals surface area contributed by atoms with Crippen molar-refractivity contribution in [2.45, 2.75) is 0 Å². The first-order valence-corrected chi connectivity index (χ1v) is 5.54. The lowest BCUT2D eigenvalue weighted by Gasteiger charge is -1.94. The molecule has 0 aromatic carbocycles. The zero-order valence-corrected chi connectivity index (χ0v) is 9.79. The van der Waals surface area contributed by atoms with Crippen LogP contribution in [0.2, 0.25) is 0 Å². The van der Waals surface area contributed by atoms with Crippen molar-refractivity contribution in [1.82, 2.24) is 19.6 Å². The summed E-state index contributed by atoms with van der Waals surface area (Å²) >= 11 is 3.30. The monoisotopic (exact) mass is 274 g/mol. The fourth-order valence-corrected chi connectivity index (χ4v) is 1.73. The lowest BCUT2D eigenvalue weighted by atomic mass is 10.2. The predicted octanol–water partition coefficient (Wildman–Crippen LogP) is 2.55. The smallest absolute Gasteiger partial charge is 0.155 e. The van der Waals surface area contributed by atoms with Gasteiger partial charge >= 0.3 is 0 Å². The zero-order valence-electron chi connectivity index (χ0n) is 8.21. The molecular formula is C11H7BrN4. The first kappa shape index (κ1) is 9.47. The molecule has 0 spiro atoms. The fraction of sp³-hybridized carbons (Fsp3) is 0. The molecule has 3 aromatic heterocycles. The van der Waals surface area contributed by atoms with Crippen LogP contribution in [-0.2, 0) is 0 Å². The highest BCUT2D eigenvalue weighted by Gasteiger charge is 2.04. The van der Waals surface area contributed by atoms with Crippen LogP contribution in [0.1, 0.15) is 0 Å². The van der Waals surface area contributed by atoms with E-state index < -0.39 is 0 Å². The Morgan fingerprint density at radius 1 is 1.19 bits per heavy atom. The summed E-state index contributed by atoms with van der Waals surface area (Å²) in [5.41, 5.74) is 2.69. The number of halogens is 1. The SMILES string of the molecule is Brc1ccc(-c2cc3ncccn3n2)cn1. The zero-order chi connectivity index (χ0) is 11.0. The van der Waals surface area contributed by atoms with Crippen LogP contribution in [0.4, 0.5) is 0 Å². The van der Waals surface area contributed by atoms with Crippen molar-refractivity contribution in [1.29, 1.82) is 0 Å². The second-order valence-electron chi connectivity index (χ2n) is 3.32. The largest absolute Gasteiger partial charge is 0.249 e. The maximum absolute atomic E-state index is 4.41. The third-order valence-corrected chi connectivity index (χ3v) is 2.73. The molecule has 0 unspecified atom stereocenters. The Hall–Kier alpha value is -1.75. The van der Waals surface area contributed by atoms with E-state index in [1.165, 1.54) is 0 Å². The molecule has 0 saturated carbocycles. The van der Waals surface area contributed by atoms with Crippen LogP contribution >= 0.6 is 15.9 Å². The molecule has 0 atom stereocenters. The predicted molar refractivity (Wildman–Crippen MR) is 63.9 cm³/mol. The molecule has 0 radical (unpaired) electrons. The van der Waals surface area contributed by atoms with E-state index in [-0.39, 0.29) is 0 Å². The third kappa shape index (κ3) is 1.59. The van der Waals surface area contributed by atoms with E-state index in [0.717, 1.165) is 21.5 Å². The normalized spacial score (nSPS) is 10.8. The Bertz CT molecular complexity index is 597. The van der Waals surface area contributed by atoms with Gasteiger partial charge in [0.05, 0.1) is 5.69 Å². The number of rotatable bonds is 1. The molecule has 0 aliphatic carbocycles. The van der Waals surface area contributed by atoms with Gasteiger partial charge in [0.15, 0.2) is 5.65 Å². The third-order valence-electron chi connectivity index (χ3n) is 2.26. The average Bonchev–Trinajstić information content (AvgIpc) is 2.73. The van der Waals surface area contributed by atoms with Crippen LogP contribution in [0.5, 0.6) is 0 Å². The van der Waals surface area contributed by atoms with Gasteiger partial charge in [-0.2, -0.15) is 5.10 Å². The van der Waals surface area contributed by atoms with Gasteiger partial charge in [0, 0.05) is 30.2 Å². The molecule has 78 valence electrons. The van der Waals surface area contributed by atoms with E-state index in [1.54, 1.807) is 16.9 Å². The second kappa shape index (κ2) is 3.68. The molecule has 0 saturated heterocycles. The Kier molecular flexibility index (Phi) is 2.18. The molecule has 4 nitrogen and oxygen atoms in total. The van der Waals surface area contributed by atoms with Crippen molar-refractivity contribution in [3.63, 3.8) is 0 Å². The van der Waals surface area contributed by atoms with Gasteiger partial charge in [-0.25, -0.2) is 14.5 Å². The highest BCUT2D eigenvalue weighted by molar-refractivity contribution is 9.10. The molecule has 0 N–H and O–H groups in total. The molecule has 0 amide bonds. The summed E-state index contributed by atoms with van der Waals surface area (Å²) in [4.78, 5) is 8.39. The van der Waals surface area contributed by atoms with Crippen molar-refractivity contribution in [3.8, 4) is 11.3 Å². The number of pyridine rings is 1. The van der Waals surface area contributed by atoms with Crippen LogP contribution in [0, 0.1) is 0 Å². The first-order chi connectivity index (χ1) is 7.83. The van der Waals surface area contributed by atoms with E-state index >= 15 is 0 Å².